The number of nitrogens with one attached hydrogen (secondary N) is 9. The van der Waals surface area contributed by atoms with Gasteiger partial charge >= 0.3 is 5.97 Å². The number of benzene rings is 1. The van der Waals surface area contributed by atoms with Crippen molar-refractivity contribution < 1.29 is 90.7 Å². The van der Waals surface area contributed by atoms with Gasteiger partial charge in [-0.3, -0.25) is 62.4 Å². The van der Waals surface area contributed by atoms with Gasteiger partial charge in [0.15, 0.2) is 5.60 Å². The predicted octanol–water partition coefficient (Wildman–Crippen LogP) is -4.06. The molecule has 32 heteroatoms. The van der Waals surface area contributed by atoms with Crippen LogP contribution in [0, 0.1) is 12.7 Å². The highest BCUT2D eigenvalue weighted by molar-refractivity contribution is 6.12. The van der Waals surface area contributed by atoms with Crippen LogP contribution in [0.4, 0.5) is 4.39 Å². The number of carbonyl (C=O) groups excluding carboxylic acids is 12. The Morgan fingerprint density at radius 2 is 1.17 bits per heavy atom. The second-order valence-electron chi connectivity index (χ2n) is 19.9. The molecular formula is C54H65FN12O19. The molecule has 0 saturated carbocycles. The Morgan fingerprint density at radius 1 is 0.663 bits per heavy atom. The van der Waals surface area contributed by atoms with E-state index < -0.39 is 143 Å². The summed E-state index contributed by atoms with van der Waals surface area (Å²) in [5.41, 5.74) is 1.06. The normalized spacial score (nSPS) is 16.1. The van der Waals surface area contributed by atoms with E-state index in [4.69, 9.17) is 28.7 Å². The molecule has 0 spiro atoms. The summed E-state index contributed by atoms with van der Waals surface area (Å²) in [7, 11) is 0. The van der Waals surface area contributed by atoms with Gasteiger partial charge in [-0.15, -0.1) is 0 Å². The lowest BCUT2D eigenvalue weighted by Gasteiger charge is -2.31. The number of aromatic nitrogens is 2. The number of esters is 1. The smallest absolute Gasteiger partial charge is 0.343 e. The minimum absolute atomic E-state index is 0.0447. The number of pyridine rings is 2. The molecule has 3 aromatic rings. The summed E-state index contributed by atoms with van der Waals surface area (Å²) in [6, 6.07) is 2.22. The summed E-state index contributed by atoms with van der Waals surface area (Å²) in [6.45, 7) is -2.34. The third-order valence-electron chi connectivity index (χ3n) is 14.1. The first-order valence-electron chi connectivity index (χ1n) is 27.3. The van der Waals surface area contributed by atoms with Gasteiger partial charge in [0.1, 0.15) is 65.8 Å². The maximum atomic E-state index is 15.3. The molecule has 462 valence electrons. The molecule has 86 heavy (non-hydrogen) atoms. The molecule has 1 unspecified atom stereocenters. The van der Waals surface area contributed by atoms with Gasteiger partial charge in [0.05, 0.1) is 61.2 Å². The van der Waals surface area contributed by atoms with Gasteiger partial charge in [-0.25, -0.2) is 14.2 Å². The number of ether oxygens (including phenoxy) is 5. The maximum Gasteiger partial charge on any atom is 0.343 e. The quantitative estimate of drug-likeness (QED) is 0.00962. The van der Waals surface area contributed by atoms with Crippen LogP contribution in [0.15, 0.2) is 29.1 Å². The van der Waals surface area contributed by atoms with Crippen LogP contribution in [-0.4, -0.2) is 177 Å². The Morgan fingerprint density at radius 3 is 1.70 bits per heavy atom. The second kappa shape index (κ2) is 30.1. The van der Waals surface area contributed by atoms with Crippen molar-refractivity contribution in [3.63, 3.8) is 0 Å². The fourth-order valence-electron chi connectivity index (χ4n) is 9.63. The largest absolute Gasteiger partial charge is 0.458 e. The van der Waals surface area contributed by atoms with Crippen LogP contribution in [0.5, 0.6) is 0 Å². The van der Waals surface area contributed by atoms with Crippen molar-refractivity contribution >= 4 is 81.9 Å². The van der Waals surface area contributed by atoms with E-state index in [0.717, 1.165) is 4.90 Å². The zero-order valence-electron chi connectivity index (χ0n) is 47.0. The zero-order valence-corrected chi connectivity index (χ0v) is 47.0. The van der Waals surface area contributed by atoms with Gasteiger partial charge in [0.2, 0.25) is 53.2 Å². The Kier molecular flexibility index (Phi) is 22.6. The number of nitrogens with zero attached hydrogens (tertiary/aromatic N) is 3. The number of carbonyl (C=O) groups is 12. The molecule has 5 heterocycles. The molecule has 7 rings (SSSR count). The second-order valence-corrected chi connectivity index (χ2v) is 19.9. The Hall–Kier alpha value is -9.11. The van der Waals surface area contributed by atoms with Crippen molar-refractivity contribution in [2.75, 3.05) is 86.1 Å². The SMILES string of the molecule is CC[C@@]1(O)C(=O)OCc2c1cc1n(c2=O)Cc2c-1nc1cc(F)c(C)c3c1c2C(NC(=O)COCNC(=O)CNC(=O)COCNC(=O)CNC(=O)COCNC(=O)CNC(=O)COCNC(=O)CNC(=O)CCCCCN1C(=O)C=CC1=O)CC3. The first-order valence-corrected chi connectivity index (χ1v) is 27.3. The van der Waals surface area contributed by atoms with Crippen LogP contribution in [-0.2, 0) is 106 Å². The van der Waals surface area contributed by atoms with Crippen molar-refractivity contribution in [2.45, 2.75) is 83.6 Å². The number of halogens is 1. The minimum Gasteiger partial charge on any atom is -0.458 e. The van der Waals surface area contributed by atoms with Crippen molar-refractivity contribution in [1.82, 2.24) is 62.3 Å². The zero-order chi connectivity index (χ0) is 62.1. The number of cyclic esters (lactones) is 1. The van der Waals surface area contributed by atoms with Gasteiger partial charge in [0.25, 0.3) is 17.4 Å². The summed E-state index contributed by atoms with van der Waals surface area (Å²) in [6.07, 6.45) is 4.84. The molecule has 1 aromatic carbocycles. The number of unbranched alkanes of at least 4 members (excludes halogenated alkanes) is 2. The van der Waals surface area contributed by atoms with Crippen LogP contribution in [0.25, 0.3) is 22.3 Å². The lowest BCUT2D eigenvalue weighted by atomic mass is 9.81. The summed E-state index contributed by atoms with van der Waals surface area (Å²) in [5.74, 6) is -7.79. The predicted molar refractivity (Wildman–Crippen MR) is 291 cm³/mol. The van der Waals surface area contributed by atoms with E-state index in [1.807, 2.05) is 0 Å². The highest BCUT2D eigenvalue weighted by Gasteiger charge is 2.46. The first-order chi connectivity index (χ1) is 41.2. The molecule has 4 aliphatic rings. The number of rotatable bonds is 32. The lowest BCUT2D eigenvalue weighted by Crippen LogP contribution is -2.44. The third-order valence-corrected chi connectivity index (χ3v) is 14.1. The first kappa shape index (κ1) is 64.5. The summed E-state index contributed by atoms with van der Waals surface area (Å²) in [5, 5.41) is 33.5. The lowest BCUT2D eigenvalue weighted by molar-refractivity contribution is -0.172. The van der Waals surface area contributed by atoms with Crippen LogP contribution in [0.2, 0.25) is 0 Å². The number of amides is 11. The van der Waals surface area contributed by atoms with Gasteiger partial charge in [-0.2, -0.15) is 0 Å². The molecule has 10 N–H and O–H groups in total. The molecule has 31 nitrogen and oxygen atoms in total. The van der Waals surface area contributed by atoms with Crippen molar-refractivity contribution in [3.8, 4) is 11.4 Å². The number of hydrogen-bond acceptors (Lipinski definition) is 20. The van der Waals surface area contributed by atoms with E-state index in [2.05, 4.69) is 47.9 Å². The van der Waals surface area contributed by atoms with Crippen LogP contribution >= 0.6 is 0 Å². The third kappa shape index (κ3) is 16.6. The monoisotopic (exact) mass is 1200 g/mol. The molecule has 3 aliphatic heterocycles. The van der Waals surface area contributed by atoms with Gasteiger partial charge in [0, 0.05) is 47.7 Å². The van der Waals surface area contributed by atoms with E-state index >= 15 is 4.39 Å². The van der Waals surface area contributed by atoms with E-state index in [-0.39, 0.29) is 74.7 Å². The fraction of sp³-hybridized carbons (Fsp3) is 0.481. The Labute approximate surface area is 488 Å². The molecule has 2 aromatic heterocycles. The van der Waals surface area contributed by atoms with E-state index in [1.54, 1.807) is 19.9 Å². The molecule has 0 saturated heterocycles. The average Bonchev–Trinajstić information content (AvgIpc) is 1.66. The van der Waals surface area contributed by atoms with E-state index in [9.17, 15) is 67.4 Å². The topological polar surface area (TPSA) is 418 Å². The molecule has 0 fully saturated rings. The highest BCUT2D eigenvalue weighted by atomic mass is 19.1. The summed E-state index contributed by atoms with van der Waals surface area (Å²) >= 11 is 0. The Bertz CT molecular complexity index is 3280. The Balaban J connectivity index is 0.686. The molecule has 0 radical (unpaired) electrons. The number of hydrogen-bond donors (Lipinski definition) is 10. The van der Waals surface area contributed by atoms with Crippen LogP contribution < -0.4 is 53.4 Å². The standard InChI is InChI=1S/C54H65FN12O19/c1-3-54(81)33-13-37-51-31(19-67(37)52(79)32(33)20-86-53(54)80)50-35(9-8-30-29(2)34(55)14-36(65-51)49(30)50)64-46(76)24-85-28-63-42(72)18-59-45(75)23-84-27-62-41(71)17-58-44(74)22-83-26-61-40(70)16-57-43(73)21-82-25-60-39(69)15-56-38(68)7-5-4-6-12-66-47(77)10-11-48(66)78/h10-11,13-14,35,81H,3-9,12,15-28H2,1-2H3,(H,56,68)(H,57,73)(H,58,74)(H,59,75)(H,60,69)(H,61,70)(H,62,71)(H,63,72)(H,64,76)/t35?,54-/m0/s1. The fourth-order valence-corrected chi connectivity index (χ4v) is 9.63. The van der Waals surface area contributed by atoms with Gasteiger partial charge in [-0.05, 0) is 61.8 Å². The maximum absolute atomic E-state index is 15.3. The van der Waals surface area contributed by atoms with E-state index in [1.165, 1.54) is 22.8 Å². The molecule has 0 bridgehead atoms. The average molecular weight is 1210 g/mol. The number of imide groups is 1. The molecule has 1 aliphatic carbocycles. The summed E-state index contributed by atoms with van der Waals surface area (Å²) < 4.78 is 42.5. The van der Waals surface area contributed by atoms with Crippen LogP contribution in [0.3, 0.4) is 0 Å². The molecule has 2 atom stereocenters. The number of fused-ring (bicyclic) bond motifs is 5. The van der Waals surface area contributed by atoms with Crippen molar-refractivity contribution in [2.24, 2.45) is 0 Å². The van der Waals surface area contributed by atoms with Crippen molar-refractivity contribution in [1.29, 1.82) is 0 Å². The minimum atomic E-state index is -2.06. The summed E-state index contributed by atoms with van der Waals surface area (Å²) in [4.78, 5) is 166. The molecular weight excluding hydrogens is 1140 g/mol. The number of aryl methyl sites for hydroxylation is 1. The van der Waals surface area contributed by atoms with Gasteiger partial charge < -0.3 is 81.2 Å². The van der Waals surface area contributed by atoms with Crippen molar-refractivity contribution in [3.05, 3.63) is 73.8 Å². The molecule has 11 amide bonds. The van der Waals surface area contributed by atoms with Crippen LogP contribution in [0.1, 0.15) is 84.9 Å². The highest BCUT2D eigenvalue weighted by Crippen LogP contribution is 2.46. The number of aliphatic hydroxyl groups is 1. The van der Waals surface area contributed by atoms with Gasteiger partial charge in [-0.1, -0.05) is 13.3 Å². The van der Waals surface area contributed by atoms with E-state index in [0.29, 0.717) is 76.6 Å².